The van der Waals surface area contributed by atoms with Crippen molar-refractivity contribution in [3.8, 4) is 0 Å². The molecule has 14 fully saturated rings. The first-order valence-corrected chi connectivity index (χ1v) is 28.1. The quantitative estimate of drug-likeness (QED) is 0.143. The predicted octanol–water partition coefficient (Wildman–Crippen LogP) is 3.60. The molecule has 16 rings (SSSR count). The Kier molecular flexibility index (Phi) is 9.45. The maximum absolute atomic E-state index is 14.1. The van der Waals surface area contributed by atoms with Crippen LogP contribution in [-0.4, -0.2) is 151 Å². The van der Waals surface area contributed by atoms with Crippen molar-refractivity contribution >= 4 is 29.7 Å². The minimum atomic E-state index is -2.10. The molecule has 434 valence electrons. The molecule has 25 unspecified atom stereocenters. The van der Waals surface area contributed by atoms with Crippen molar-refractivity contribution in [2.24, 2.45) is 56.2 Å². The third-order valence-electron chi connectivity index (χ3n) is 25.8. The topological polar surface area (TPSA) is 305 Å². The van der Waals surface area contributed by atoms with E-state index in [0.29, 0.717) is 36.8 Å². The number of ketones is 1. The second kappa shape index (κ2) is 14.4. The number of aliphatic hydroxyl groups excluding tert-OH is 3. The third-order valence-corrected chi connectivity index (χ3v) is 25.8. The summed E-state index contributed by atoms with van der Waals surface area (Å²) in [7, 11) is 2.64. The molecule has 8 heterocycles. The first kappa shape index (κ1) is 52.5. The van der Waals surface area contributed by atoms with Gasteiger partial charge in [0, 0.05) is 76.6 Å². The molecule has 6 saturated heterocycles. The molecule has 0 aromatic carbocycles. The largest absolute Gasteiger partial charge is 0.472 e. The van der Waals surface area contributed by atoms with Crippen LogP contribution < -0.4 is 0 Å². The van der Waals surface area contributed by atoms with Crippen molar-refractivity contribution in [2.75, 3.05) is 14.2 Å². The molecule has 22 nitrogen and oxygen atoms in total. The van der Waals surface area contributed by atoms with Crippen molar-refractivity contribution in [2.45, 2.75) is 207 Å². The third kappa shape index (κ3) is 4.70. The van der Waals surface area contributed by atoms with Crippen LogP contribution in [0.5, 0.6) is 0 Å². The van der Waals surface area contributed by atoms with Gasteiger partial charge in [0.15, 0.2) is 29.2 Å². The lowest BCUT2D eigenvalue weighted by atomic mass is 9.33. The van der Waals surface area contributed by atoms with E-state index in [-0.39, 0.29) is 44.3 Å². The number of hydrogen-bond acceptors (Lipinski definition) is 22. The van der Waals surface area contributed by atoms with Crippen LogP contribution in [0.25, 0.3) is 0 Å². The van der Waals surface area contributed by atoms with Gasteiger partial charge in [0.1, 0.15) is 39.9 Å². The summed E-state index contributed by atoms with van der Waals surface area (Å²) in [4.78, 5) is 66.7. The number of hydrogen-bond donors (Lipinski definition) is 5. The Morgan fingerprint density at radius 2 is 1.06 bits per heavy atom. The number of esters is 4. The van der Waals surface area contributed by atoms with Gasteiger partial charge in [-0.15, -0.1) is 0 Å². The average Bonchev–Trinajstić information content (AvgIpc) is 1.45. The Balaban J connectivity index is 0.000000138. The van der Waals surface area contributed by atoms with Gasteiger partial charge in [0.05, 0.1) is 69.7 Å². The van der Waals surface area contributed by atoms with Crippen LogP contribution in [0.3, 0.4) is 0 Å². The molecule has 8 bridgehead atoms. The Labute approximate surface area is 459 Å². The number of Topliss-reactive ketones (excluding diaryl/α,β-unsaturated/α-hetero) is 1. The van der Waals surface area contributed by atoms with E-state index < -0.39 is 167 Å². The van der Waals surface area contributed by atoms with Crippen molar-refractivity contribution in [1.29, 1.82) is 0 Å². The van der Waals surface area contributed by atoms with Crippen LogP contribution in [0.2, 0.25) is 0 Å². The Bertz CT molecular complexity index is 3150. The molecule has 6 spiro atoms. The summed E-state index contributed by atoms with van der Waals surface area (Å²) in [5, 5.41) is 61.8. The number of carbonyl (C=O) groups excluding carboxylic acids is 5. The van der Waals surface area contributed by atoms with Crippen LogP contribution in [0, 0.1) is 56.2 Å². The van der Waals surface area contributed by atoms with Gasteiger partial charge in [-0.2, -0.15) is 0 Å². The maximum Gasteiger partial charge on any atom is 0.306 e. The van der Waals surface area contributed by atoms with Crippen LogP contribution in [0.1, 0.15) is 142 Å². The smallest absolute Gasteiger partial charge is 0.306 e. The van der Waals surface area contributed by atoms with Crippen LogP contribution in [-0.2, 0) is 66.5 Å². The van der Waals surface area contributed by atoms with Gasteiger partial charge in [-0.3, -0.25) is 24.0 Å². The molecular formula is C58H70O22. The zero-order valence-electron chi connectivity index (χ0n) is 46.4. The molecule has 80 heavy (non-hydrogen) atoms. The lowest BCUT2D eigenvalue weighted by Crippen LogP contribution is -2.94. The molecule has 0 amide bonds. The van der Waals surface area contributed by atoms with Gasteiger partial charge in [0.2, 0.25) is 0 Å². The van der Waals surface area contributed by atoms with Gasteiger partial charge in [-0.05, 0) is 62.5 Å². The highest BCUT2D eigenvalue weighted by atomic mass is 16.9. The number of fused-ring (bicyclic) bond motifs is 6. The van der Waals surface area contributed by atoms with Crippen molar-refractivity contribution in [1.82, 2.24) is 0 Å². The summed E-state index contributed by atoms with van der Waals surface area (Å²) in [6, 6.07) is 3.28. The van der Waals surface area contributed by atoms with Gasteiger partial charge < -0.3 is 81.7 Å². The highest BCUT2D eigenvalue weighted by Crippen LogP contribution is 2.92. The molecule has 6 aliphatic heterocycles. The minimum absolute atomic E-state index is 0.0241. The maximum atomic E-state index is 14.1. The summed E-state index contributed by atoms with van der Waals surface area (Å²) in [6.07, 6.45) is 0.738. The van der Waals surface area contributed by atoms with E-state index in [0.717, 1.165) is 0 Å². The fraction of sp³-hybridized carbons (Fsp3) is 0.776. The number of furan rings is 2. The molecule has 2 aromatic rings. The van der Waals surface area contributed by atoms with E-state index in [2.05, 4.69) is 0 Å². The van der Waals surface area contributed by atoms with E-state index in [4.69, 9.17) is 56.2 Å². The van der Waals surface area contributed by atoms with E-state index in [1.54, 1.807) is 26.0 Å². The zero-order valence-corrected chi connectivity index (χ0v) is 46.4. The molecule has 2 aromatic heterocycles. The monoisotopic (exact) mass is 1120 g/mol. The lowest BCUT2D eigenvalue weighted by Gasteiger charge is -2.77. The first-order valence-electron chi connectivity index (χ1n) is 28.1. The Morgan fingerprint density at radius 1 is 0.613 bits per heavy atom. The Hall–Kier alpha value is -4.33. The van der Waals surface area contributed by atoms with Crippen LogP contribution >= 0.6 is 0 Å². The molecule has 8 saturated carbocycles. The molecule has 22 heteroatoms. The fourth-order valence-electron chi connectivity index (χ4n) is 23.2. The summed E-state index contributed by atoms with van der Waals surface area (Å²) < 4.78 is 73.9. The van der Waals surface area contributed by atoms with Gasteiger partial charge in [-0.1, -0.05) is 41.5 Å². The molecule has 14 aliphatic rings. The van der Waals surface area contributed by atoms with E-state index >= 15 is 0 Å². The van der Waals surface area contributed by atoms with Crippen molar-refractivity contribution < 1.29 is 106 Å². The molecule has 0 radical (unpaired) electrons. The van der Waals surface area contributed by atoms with Crippen LogP contribution in [0.15, 0.2) is 46.0 Å². The summed E-state index contributed by atoms with van der Waals surface area (Å²) in [5.41, 5.74) is -17.9. The summed E-state index contributed by atoms with van der Waals surface area (Å²) in [5.74, 6) is -8.11. The predicted molar refractivity (Wildman–Crippen MR) is 261 cm³/mol. The number of methoxy groups -OCH3 is 2. The second-order valence-corrected chi connectivity index (χ2v) is 28.1. The van der Waals surface area contributed by atoms with Crippen molar-refractivity contribution in [3.05, 3.63) is 48.3 Å². The summed E-state index contributed by atoms with van der Waals surface area (Å²) in [6.45, 7) is 14.6. The highest BCUT2D eigenvalue weighted by Gasteiger charge is 3.06. The lowest BCUT2D eigenvalue weighted by molar-refractivity contribution is -0.479. The molecule has 5 N–H and O–H groups in total. The van der Waals surface area contributed by atoms with Gasteiger partial charge in [-0.25, -0.2) is 0 Å². The summed E-state index contributed by atoms with van der Waals surface area (Å²) >= 11 is 0. The normalized spacial score (nSPS) is 58.5. The van der Waals surface area contributed by atoms with Gasteiger partial charge in [0.25, 0.3) is 11.9 Å². The first-order chi connectivity index (χ1) is 37.3. The second-order valence-electron chi connectivity index (χ2n) is 28.1. The molecular weight excluding hydrogens is 1050 g/mol. The van der Waals surface area contributed by atoms with E-state index in [1.807, 2.05) is 41.5 Å². The minimum Gasteiger partial charge on any atom is -0.472 e. The standard InChI is InChI=1S/C29H36O11.C29H34O11/c2*1-22(19(32)14-6-9-36-12-14)7-8-26-24(3)15(10-17(30)35-5)23(2)13-27(24)28(34,20(23)33)21-29(26,16(22)11-18(31)37-21)40-25(4,38-26)39-27/h6,9,12,15-16,19-21,32-34H,7-8,10-11,13H2,1-5H3;6,9,12,15-16,20-21,33-34H,7-8,10-11,13H2,1-5H3. The number of rotatable bonds is 8. The van der Waals surface area contributed by atoms with E-state index in [9.17, 15) is 49.5 Å². The van der Waals surface area contributed by atoms with Gasteiger partial charge >= 0.3 is 23.9 Å². The van der Waals surface area contributed by atoms with Crippen molar-refractivity contribution in [3.63, 3.8) is 0 Å². The zero-order chi connectivity index (χ0) is 57.0. The Morgan fingerprint density at radius 3 is 1.52 bits per heavy atom. The van der Waals surface area contributed by atoms with E-state index in [1.165, 1.54) is 39.3 Å². The number of carbonyl (C=O) groups is 5. The number of aliphatic hydroxyl groups is 5. The molecule has 25 atom stereocenters. The van der Waals surface area contributed by atoms with Crippen LogP contribution in [0.4, 0.5) is 0 Å². The SMILES string of the molecule is COC(=O)CC1C2(C)CC34OC5(C)OC67C(CC(=O)OC6C3(O)C2O)C(C)(C(=O)c2ccoc2)CCC7(O5)C14C.COC(=O)CC1C2(C)CC34OC5(C)OC67C(CC(=O)OC6C3(O)C2O)C(C)(C(O)c2ccoc2)CCC7(O5)C14C. The fourth-order valence-corrected chi connectivity index (χ4v) is 23.2. The highest BCUT2D eigenvalue weighted by molar-refractivity contribution is 6.01. The average molecular weight is 1120 g/mol. The molecule has 8 aliphatic carbocycles. The number of ether oxygens (including phenoxy) is 10.